The first kappa shape index (κ1) is 22.1. The molecule has 0 bridgehead atoms. The molecular weight excluding hydrogens is 372 g/mol. The van der Waals surface area contributed by atoms with E-state index < -0.39 is 11.7 Å². The second-order valence-corrected chi connectivity index (χ2v) is 7.51. The first-order chi connectivity index (χ1) is 13.6. The molecule has 0 unspecified atom stereocenters. The molecular formula is C22H28N2O5. The van der Waals surface area contributed by atoms with Crippen LogP contribution in [-0.4, -0.2) is 31.8 Å². The monoisotopic (exact) mass is 400 g/mol. The van der Waals surface area contributed by atoms with Crippen LogP contribution < -0.4 is 20.1 Å². The molecule has 0 aromatic heterocycles. The molecule has 0 aliphatic heterocycles. The molecule has 0 aliphatic carbocycles. The van der Waals surface area contributed by atoms with Crippen LogP contribution in [0.2, 0.25) is 0 Å². The lowest BCUT2D eigenvalue weighted by molar-refractivity contribution is 0.0635. The van der Waals surface area contributed by atoms with E-state index in [0.717, 1.165) is 5.56 Å². The summed E-state index contributed by atoms with van der Waals surface area (Å²) in [6, 6.07) is 11.7. The van der Waals surface area contributed by atoms with Crippen molar-refractivity contribution in [3.63, 3.8) is 0 Å². The highest BCUT2D eigenvalue weighted by Crippen LogP contribution is 2.29. The second-order valence-electron chi connectivity index (χ2n) is 7.51. The molecule has 0 aliphatic rings. The van der Waals surface area contributed by atoms with E-state index in [1.165, 1.54) is 0 Å². The van der Waals surface area contributed by atoms with Crippen LogP contribution in [0.1, 0.15) is 49.7 Å². The number of methoxy groups -OCH3 is 2. The van der Waals surface area contributed by atoms with Gasteiger partial charge in [-0.3, -0.25) is 10.1 Å². The maximum absolute atomic E-state index is 12.6. The van der Waals surface area contributed by atoms with Gasteiger partial charge in [0.15, 0.2) is 0 Å². The Hall–Kier alpha value is -3.22. The Morgan fingerprint density at radius 3 is 2.17 bits per heavy atom. The molecule has 0 saturated heterocycles. The van der Waals surface area contributed by atoms with Gasteiger partial charge in [-0.05, 0) is 70.2 Å². The maximum atomic E-state index is 12.6. The summed E-state index contributed by atoms with van der Waals surface area (Å²) < 4.78 is 15.8. The minimum absolute atomic E-state index is 0.244. The van der Waals surface area contributed by atoms with Crippen molar-refractivity contribution < 1.29 is 23.8 Å². The fourth-order valence-corrected chi connectivity index (χ4v) is 2.66. The Bertz CT molecular complexity index is 856. The number of hydrogen-bond acceptors (Lipinski definition) is 5. The summed E-state index contributed by atoms with van der Waals surface area (Å²) in [7, 11) is 3.16. The Labute approximate surface area is 171 Å². The van der Waals surface area contributed by atoms with Crippen molar-refractivity contribution in [2.75, 3.05) is 19.5 Å². The van der Waals surface area contributed by atoms with Gasteiger partial charge in [0.05, 0.1) is 20.3 Å². The number of anilines is 1. The van der Waals surface area contributed by atoms with E-state index in [1.54, 1.807) is 71.4 Å². The molecule has 0 spiro atoms. The molecule has 2 aromatic carbocycles. The fourth-order valence-electron chi connectivity index (χ4n) is 2.66. The van der Waals surface area contributed by atoms with Gasteiger partial charge in [0, 0.05) is 16.8 Å². The van der Waals surface area contributed by atoms with Crippen molar-refractivity contribution in [3.8, 4) is 11.5 Å². The third-order valence-electron chi connectivity index (χ3n) is 4.04. The molecule has 0 heterocycles. The Kier molecular flexibility index (Phi) is 7.09. The number of benzene rings is 2. The highest BCUT2D eigenvalue weighted by molar-refractivity contribution is 5.95. The Balaban J connectivity index is 2.05. The van der Waals surface area contributed by atoms with Crippen LogP contribution in [0.15, 0.2) is 42.5 Å². The molecule has 1 atom stereocenters. The molecule has 0 fully saturated rings. The molecule has 2 N–H and O–H groups in total. The van der Waals surface area contributed by atoms with Gasteiger partial charge in [-0.15, -0.1) is 0 Å². The first-order valence-electron chi connectivity index (χ1n) is 9.26. The van der Waals surface area contributed by atoms with E-state index in [2.05, 4.69) is 10.6 Å². The topological polar surface area (TPSA) is 85.9 Å². The molecule has 156 valence electrons. The van der Waals surface area contributed by atoms with Gasteiger partial charge in [-0.1, -0.05) is 0 Å². The third-order valence-corrected chi connectivity index (χ3v) is 4.04. The zero-order valence-electron chi connectivity index (χ0n) is 17.7. The van der Waals surface area contributed by atoms with Crippen LogP contribution in [0.4, 0.5) is 10.5 Å². The molecule has 2 aromatic rings. The minimum Gasteiger partial charge on any atom is -0.497 e. The number of amides is 2. The van der Waals surface area contributed by atoms with E-state index >= 15 is 0 Å². The largest absolute Gasteiger partial charge is 0.497 e. The summed E-state index contributed by atoms with van der Waals surface area (Å²) >= 11 is 0. The molecule has 2 amide bonds. The number of nitrogens with one attached hydrogen (secondary N) is 2. The predicted octanol–water partition coefficient (Wildman–Crippen LogP) is 4.54. The van der Waals surface area contributed by atoms with Gasteiger partial charge in [0.2, 0.25) is 0 Å². The molecule has 7 nitrogen and oxygen atoms in total. The van der Waals surface area contributed by atoms with Gasteiger partial charge in [-0.2, -0.15) is 0 Å². The summed E-state index contributed by atoms with van der Waals surface area (Å²) in [4.78, 5) is 24.4. The average molecular weight is 400 g/mol. The molecule has 0 saturated carbocycles. The maximum Gasteiger partial charge on any atom is 0.412 e. The van der Waals surface area contributed by atoms with Crippen LogP contribution >= 0.6 is 0 Å². The fraction of sp³-hybridized carbons (Fsp3) is 0.364. The zero-order valence-corrected chi connectivity index (χ0v) is 17.7. The van der Waals surface area contributed by atoms with E-state index in [1.807, 2.05) is 13.0 Å². The average Bonchev–Trinajstić information content (AvgIpc) is 2.66. The van der Waals surface area contributed by atoms with E-state index in [4.69, 9.17) is 14.2 Å². The van der Waals surface area contributed by atoms with Crippen molar-refractivity contribution in [2.24, 2.45) is 0 Å². The van der Waals surface area contributed by atoms with Gasteiger partial charge in [0.25, 0.3) is 5.91 Å². The quantitative estimate of drug-likeness (QED) is 0.743. The molecule has 0 radical (unpaired) electrons. The van der Waals surface area contributed by atoms with Crippen LogP contribution in [0.5, 0.6) is 11.5 Å². The Morgan fingerprint density at radius 1 is 0.966 bits per heavy atom. The summed E-state index contributed by atoms with van der Waals surface area (Å²) in [5.74, 6) is 1.10. The van der Waals surface area contributed by atoms with Crippen molar-refractivity contribution in [1.82, 2.24) is 5.32 Å². The summed E-state index contributed by atoms with van der Waals surface area (Å²) in [5.41, 5.74) is 1.23. The van der Waals surface area contributed by atoms with Crippen molar-refractivity contribution in [1.29, 1.82) is 0 Å². The van der Waals surface area contributed by atoms with Crippen molar-refractivity contribution in [2.45, 2.75) is 39.3 Å². The van der Waals surface area contributed by atoms with E-state index in [-0.39, 0.29) is 11.9 Å². The van der Waals surface area contributed by atoms with Crippen molar-refractivity contribution >= 4 is 17.7 Å². The number of rotatable bonds is 6. The third kappa shape index (κ3) is 6.41. The van der Waals surface area contributed by atoms with Crippen LogP contribution in [0.25, 0.3) is 0 Å². The predicted molar refractivity (Wildman–Crippen MR) is 112 cm³/mol. The normalized spacial score (nSPS) is 11.9. The van der Waals surface area contributed by atoms with Crippen LogP contribution in [0, 0.1) is 0 Å². The zero-order chi connectivity index (χ0) is 21.6. The number of ether oxygens (including phenoxy) is 3. The van der Waals surface area contributed by atoms with Gasteiger partial charge >= 0.3 is 6.09 Å². The molecule has 2 rings (SSSR count). The first-order valence-corrected chi connectivity index (χ1v) is 9.26. The number of carbonyl (C=O) groups is 2. The summed E-state index contributed by atoms with van der Waals surface area (Å²) in [5, 5.41) is 5.58. The highest BCUT2D eigenvalue weighted by atomic mass is 16.6. The lowest BCUT2D eigenvalue weighted by Crippen LogP contribution is -2.27. The van der Waals surface area contributed by atoms with Crippen LogP contribution in [-0.2, 0) is 4.74 Å². The van der Waals surface area contributed by atoms with Crippen molar-refractivity contribution in [3.05, 3.63) is 53.6 Å². The van der Waals surface area contributed by atoms with Gasteiger partial charge in [-0.25, -0.2) is 4.79 Å². The number of carbonyl (C=O) groups excluding carboxylic acids is 2. The number of hydrogen-bond donors (Lipinski definition) is 2. The standard InChI is InChI=1S/C22H28N2O5/c1-14(18-13-17(27-5)11-12-19(18)28-6)23-20(25)15-7-9-16(10-8-15)24-21(26)29-22(2,3)4/h7-14H,1-6H3,(H,23,25)(H,24,26)/t14-/m0/s1. The Morgan fingerprint density at radius 2 is 1.62 bits per heavy atom. The SMILES string of the molecule is COc1ccc(OC)c([C@H](C)NC(=O)c2ccc(NC(=O)OC(C)(C)C)cc2)c1. The van der Waals surface area contributed by atoms with Crippen LogP contribution in [0.3, 0.4) is 0 Å². The molecule has 7 heteroatoms. The molecule has 29 heavy (non-hydrogen) atoms. The van der Waals surface area contributed by atoms with Gasteiger partial charge in [0.1, 0.15) is 17.1 Å². The lowest BCUT2D eigenvalue weighted by atomic mass is 10.1. The summed E-state index contributed by atoms with van der Waals surface area (Å²) in [6.45, 7) is 7.24. The van der Waals surface area contributed by atoms with Gasteiger partial charge < -0.3 is 19.5 Å². The minimum atomic E-state index is -0.582. The smallest absolute Gasteiger partial charge is 0.412 e. The lowest BCUT2D eigenvalue weighted by Gasteiger charge is -2.20. The summed E-state index contributed by atoms with van der Waals surface area (Å²) in [6.07, 6.45) is -0.548. The van der Waals surface area contributed by atoms with E-state index in [0.29, 0.717) is 22.7 Å². The highest BCUT2D eigenvalue weighted by Gasteiger charge is 2.18. The van der Waals surface area contributed by atoms with E-state index in [9.17, 15) is 9.59 Å². The second kappa shape index (κ2) is 9.32.